The van der Waals surface area contributed by atoms with Gasteiger partial charge in [-0.3, -0.25) is 5.43 Å². The molecule has 3 rings (SSSR count). The molecule has 0 radical (unpaired) electrons. The van der Waals surface area contributed by atoms with E-state index < -0.39 is 10.0 Å². The first-order valence-electron chi connectivity index (χ1n) is 7.98. The fourth-order valence-electron chi connectivity index (χ4n) is 2.43. The normalized spacial score (nSPS) is 11.9. The Morgan fingerprint density at radius 1 is 1.27 bits per heavy atom. The van der Waals surface area contributed by atoms with Gasteiger partial charge in [-0.05, 0) is 46.0 Å². The molecule has 0 fully saturated rings. The van der Waals surface area contributed by atoms with Crippen LogP contribution in [-0.4, -0.2) is 41.4 Å². The first-order chi connectivity index (χ1) is 12.3. The average Bonchev–Trinajstić information content (AvgIpc) is 2.92. The summed E-state index contributed by atoms with van der Waals surface area (Å²) in [6, 6.07) is 4.59. The maximum Gasteiger partial charge on any atom is 0.240 e. The third-order valence-electron chi connectivity index (χ3n) is 3.65. The van der Waals surface area contributed by atoms with Crippen LogP contribution in [0.2, 0.25) is 0 Å². The molecule has 0 bridgehead atoms. The third-order valence-corrected chi connectivity index (χ3v) is 5.06. The summed E-state index contributed by atoms with van der Waals surface area (Å²) in [7, 11) is -2.23. The molecular formula is C16H20N6O3S. The van der Waals surface area contributed by atoms with Crippen molar-refractivity contribution >= 4 is 26.7 Å². The van der Waals surface area contributed by atoms with Gasteiger partial charge in [-0.15, -0.1) is 0 Å². The topological polar surface area (TPSA) is 111 Å². The third kappa shape index (κ3) is 3.46. The molecule has 3 aromatic rings. The number of ether oxygens (including phenoxy) is 1. The van der Waals surface area contributed by atoms with Crippen molar-refractivity contribution in [2.75, 3.05) is 12.5 Å². The zero-order chi connectivity index (χ0) is 18.9. The van der Waals surface area contributed by atoms with Crippen LogP contribution in [0.5, 0.6) is 5.75 Å². The summed E-state index contributed by atoms with van der Waals surface area (Å²) >= 11 is 0. The molecule has 2 N–H and O–H groups in total. The molecule has 0 atom stereocenters. The van der Waals surface area contributed by atoms with Crippen molar-refractivity contribution in [1.82, 2.24) is 24.6 Å². The molecule has 2 heterocycles. The van der Waals surface area contributed by atoms with E-state index in [0.717, 1.165) is 11.1 Å². The standard InChI is InChI=1S/C16H20N6O3S/c1-10(2)25-15-6-5-12(26(23,24)17-4)7-14(15)21-22-16-13(11(3)20-22)8-18-9-19-16/h5-10,17,21H,1-4H3. The minimum Gasteiger partial charge on any atom is -0.489 e. The second-order valence-electron chi connectivity index (χ2n) is 5.90. The van der Waals surface area contributed by atoms with Gasteiger partial charge in [0.1, 0.15) is 12.1 Å². The molecule has 0 aliphatic heterocycles. The van der Waals surface area contributed by atoms with Gasteiger partial charge in [0.15, 0.2) is 5.65 Å². The summed E-state index contributed by atoms with van der Waals surface area (Å²) in [6.45, 7) is 5.63. The van der Waals surface area contributed by atoms with Crippen molar-refractivity contribution in [2.45, 2.75) is 31.8 Å². The molecule has 0 aliphatic rings. The molecule has 0 saturated carbocycles. The van der Waals surface area contributed by atoms with Crippen LogP contribution in [0, 0.1) is 6.92 Å². The molecule has 9 nitrogen and oxygen atoms in total. The van der Waals surface area contributed by atoms with E-state index in [0.29, 0.717) is 17.1 Å². The van der Waals surface area contributed by atoms with E-state index in [9.17, 15) is 8.42 Å². The Morgan fingerprint density at radius 2 is 2.04 bits per heavy atom. The quantitative estimate of drug-likeness (QED) is 0.673. The SMILES string of the molecule is CNS(=O)(=O)c1ccc(OC(C)C)c(Nn2nc(C)c3cncnc32)c1. The number of aryl methyl sites for hydroxylation is 1. The lowest BCUT2D eigenvalue weighted by molar-refractivity contribution is 0.243. The minimum absolute atomic E-state index is 0.0827. The first kappa shape index (κ1) is 18.1. The Bertz CT molecular complexity index is 1050. The number of nitrogens with zero attached hydrogens (tertiary/aromatic N) is 4. The van der Waals surface area contributed by atoms with Crippen LogP contribution in [0.25, 0.3) is 11.0 Å². The van der Waals surface area contributed by atoms with Crippen LogP contribution in [0.15, 0.2) is 35.6 Å². The molecule has 0 spiro atoms. The van der Waals surface area contributed by atoms with Gasteiger partial charge in [0, 0.05) is 6.20 Å². The molecule has 2 aromatic heterocycles. The molecule has 26 heavy (non-hydrogen) atoms. The average molecular weight is 376 g/mol. The number of hydrogen-bond acceptors (Lipinski definition) is 7. The minimum atomic E-state index is -3.60. The van der Waals surface area contributed by atoms with Gasteiger partial charge in [-0.2, -0.15) is 9.89 Å². The number of fused-ring (bicyclic) bond motifs is 1. The largest absolute Gasteiger partial charge is 0.489 e. The monoisotopic (exact) mass is 376 g/mol. The second-order valence-corrected chi connectivity index (χ2v) is 7.79. The predicted octanol–water partition coefficient (Wildman–Crippen LogP) is 1.71. The Labute approximate surface area is 151 Å². The van der Waals surface area contributed by atoms with Crippen LogP contribution in [-0.2, 0) is 10.0 Å². The van der Waals surface area contributed by atoms with E-state index in [2.05, 4.69) is 25.2 Å². The second kappa shape index (κ2) is 6.89. The molecule has 0 saturated heterocycles. The van der Waals surface area contributed by atoms with Gasteiger partial charge in [0.05, 0.1) is 27.8 Å². The molecule has 1 aromatic carbocycles. The van der Waals surface area contributed by atoms with Gasteiger partial charge < -0.3 is 4.74 Å². The Hall–Kier alpha value is -2.72. The van der Waals surface area contributed by atoms with Gasteiger partial charge in [0.2, 0.25) is 10.0 Å². The van der Waals surface area contributed by atoms with E-state index >= 15 is 0 Å². The highest BCUT2D eigenvalue weighted by atomic mass is 32.2. The maximum atomic E-state index is 12.1. The fraction of sp³-hybridized carbons (Fsp3) is 0.312. The highest BCUT2D eigenvalue weighted by Gasteiger charge is 2.17. The lowest BCUT2D eigenvalue weighted by atomic mass is 10.3. The van der Waals surface area contributed by atoms with Crippen LogP contribution < -0.4 is 14.9 Å². The van der Waals surface area contributed by atoms with Gasteiger partial charge in [-0.25, -0.2) is 23.1 Å². The number of rotatable bonds is 6. The van der Waals surface area contributed by atoms with E-state index in [1.165, 1.54) is 30.3 Å². The lowest BCUT2D eigenvalue weighted by Gasteiger charge is -2.17. The molecule has 138 valence electrons. The zero-order valence-corrected chi connectivity index (χ0v) is 15.7. The summed E-state index contributed by atoms with van der Waals surface area (Å²) < 4.78 is 32.4. The van der Waals surface area contributed by atoms with E-state index in [4.69, 9.17) is 4.74 Å². The molecule has 10 heteroatoms. The van der Waals surface area contributed by atoms with Crippen molar-refractivity contribution in [3.8, 4) is 5.75 Å². The van der Waals surface area contributed by atoms with Crippen LogP contribution in [0.1, 0.15) is 19.5 Å². The van der Waals surface area contributed by atoms with Crippen molar-refractivity contribution in [2.24, 2.45) is 0 Å². The summed E-state index contributed by atoms with van der Waals surface area (Å²) in [5.74, 6) is 0.505. The Kier molecular flexibility index (Phi) is 4.79. The maximum absolute atomic E-state index is 12.1. The van der Waals surface area contributed by atoms with Gasteiger partial charge >= 0.3 is 0 Å². The smallest absolute Gasteiger partial charge is 0.240 e. The fourth-order valence-corrected chi connectivity index (χ4v) is 3.18. The number of benzene rings is 1. The summed E-state index contributed by atoms with van der Waals surface area (Å²) in [6.07, 6.45) is 3.02. The number of hydrogen-bond donors (Lipinski definition) is 2. The van der Waals surface area contributed by atoms with Crippen LogP contribution in [0.3, 0.4) is 0 Å². The number of sulfonamides is 1. The number of anilines is 1. The zero-order valence-electron chi connectivity index (χ0n) is 14.9. The van der Waals surface area contributed by atoms with Gasteiger partial charge in [0.25, 0.3) is 0 Å². The number of aromatic nitrogens is 4. The van der Waals surface area contributed by atoms with Gasteiger partial charge in [-0.1, -0.05) is 0 Å². The van der Waals surface area contributed by atoms with Crippen molar-refractivity contribution in [3.63, 3.8) is 0 Å². The van der Waals surface area contributed by atoms with Crippen molar-refractivity contribution in [3.05, 3.63) is 36.4 Å². The molecular weight excluding hydrogens is 356 g/mol. The molecule has 0 aliphatic carbocycles. The molecule has 0 amide bonds. The van der Waals surface area contributed by atoms with E-state index in [1.54, 1.807) is 12.3 Å². The van der Waals surface area contributed by atoms with E-state index in [1.807, 2.05) is 20.8 Å². The molecule has 0 unspecified atom stereocenters. The highest BCUT2D eigenvalue weighted by molar-refractivity contribution is 7.89. The lowest BCUT2D eigenvalue weighted by Crippen LogP contribution is -2.20. The highest BCUT2D eigenvalue weighted by Crippen LogP contribution is 2.29. The number of nitrogens with one attached hydrogen (secondary N) is 2. The Balaban J connectivity index is 2.10. The summed E-state index contributed by atoms with van der Waals surface area (Å²) in [4.78, 5) is 9.82. The first-order valence-corrected chi connectivity index (χ1v) is 9.47. The predicted molar refractivity (Wildman–Crippen MR) is 97.5 cm³/mol. The van der Waals surface area contributed by atoms with Crippen LogP contribution in [0.4, 0.5) is 5.69 Å². The van der Waals surface area contributed by atoms with Crippen molar-refractivity contribution < 1.29 is 13.2 Å². The Morgan fingerprint density at radius 3 is 2.73 bits per heavy atom. The van der Waals surface area contributed by atoms with Crippen molar-refractivity contribution in [1.29, 1.82) is 0 Å². The van der Waals surface area contributed by atoms with E-state index in [-0.39, 0.29) is 11.0 Å². The summed E-state index contributed by atoms with van der Waals surface area (Å²) in [5.41, 5.74) is 4.86. The van der Waals surface area contributed by atoms with Crippen LogP contribution >= 0.6 is 0 Å². The summed E-state index contributed by atoms with van der Waals surface area (Å²) in [5, 5.41) is 5.20.